The lowest BCUT2D eigenvalue weighted by Crippen LogP contribution is -2.38. The van der Waals surface area contributed by atoms with Gasteiger partial charge in [-0.25, -0.2) is 0 Å². The minimum absolute atomic E-state index is 0.189. The molecule has 0 aliphatic rings. The minimum atomic E-state index is -1.35. The molecule has 0 rings (SSSR count). The van der Waals surface area contributed by atoms with Gasteiger partial charge in [0.25, 0.3) is 0 Å². The van der Waals surface area contributed by atoms with Crippen LogP contribution < -0.4 is 0 Å². The normalized spacial score (nSPS) is 14.9. The summed E-state index contributed by atoms with van der Waals surface area (Å²) in [5.74, 6) is -0.216. The van der Waals surface area contributed by atoms with Gasteiger partial charge < -0.3 is 10.0 Å². The maximum Gasteiger partial charge on any atom is 0.452 e. The van der Waals surface area contributed by atoms with Crippen LogP contribution in [0.25, 0.3) is 0 Å². The molecule has 0 heterocycles. The van der Waals surface area contributed by atoms with Crippen molar-refractivity contribution in [3.8, 4) is 6.07 Å². The molecule has 0 fully saturated rings. The van der Waals surface area contributed by atoms with Crippen molar-refractivity contribution in [2.24, 2.45) is 5.92 Å². The summed E-state index contributed by atoms with van der Waals surface area (Å²) in [7, 11) is -2.64. The van der Waals surface area contributed by atoms with Gasteiger partial charge in [0.15, 0.2) is 0 Å². The lowest BCUT2D eigenvalue weighted by atomic mass is 9.77. The molecular formula is C13H28BNO2Si. The molecule has 0 saturated heterocycles. The number of nitrogens with zero attached hydrogens (tertiary/aromatic N) is 1. The van der Waals surface area contributed by atoms with E-state index in [1.165, 1.54) is 18.1 Å². The Bertz CT molecular complexity index is 256. The molecule has 3 nitrogen and oxygen atoms in total. The Morgan fingerprint density at radius 3 is 1.89 bits per heavy atom. The van der Waals surface area contributed by atoms with Crippen molar-refractivity contribution in [1.82, 2.24) is 0 Å². The monoisotopic (exact) mass is 269 g/mol. The van der Waals surface area contributed by atoms with E-state index in [0.717, 1.165) is 12.8 Å². The van der Waals surface area contributed by atoms with E-state index in [1.807, 2.05) is 0 Å². The van der Waals surface area contributed by atoms with Gasteiger partial charge in [-0.2, -0.15) is 5.26 Å². The first-order valence-electron chi connectivity index (χ1n) is 7.25. The van der Waals surface area contributed by atoms with Crippen molar-refractivity contribution in [2.45, 2.75) is 70.5 Å². The van der Waals surface area contributed by atoms with Gasteiger partial charge in [0.1, 0.15) is 0 Å². The van der Waals surface area contributed by atoms with Crippen LogP contribution in [0.2, 0.25) is 30.0 Å². The predicted octanol–water partition coefficient (Wildman–Crippen LogP) is 3.28. The third-order valence-corrected chi connectivity index (χ3v) is 11.3. The first-order chi connectivity index (χ1) is 8.49. The summed E-state index contributed by atoms with van der Waals surface area (Å²) < 4.78 is 0. The topological polar surface area (TPSA) is 64.2 Å². The Morgan fingerprint density at radius 1 is 1.11 bits per heavy atom. The fraction of sp³-hybridized carbons (Fsp3) is 0.923. The van der Waals surface area contributed by atoms with E-state index in [1.54, 1.807) is 0 Å². The van der Waals surface area contributed by atoms with Gasteiger partial charge in [-0.05, 0) is 18.3 Å². The Kier molecular flexibility index (Phi) is 8.59. The van der Waals surface area contributed by atoms with E-state index in [4.69, 9.17) is 15.3 Å². The summed E-state index contributed by atoms with van der Waals surface area (Å²) in [5.41, 5.74) is 0.626. The third-order valence-electron chi connectivity index (χ3n) is 4.72. The molecule has 5 heteroatoms. The van der Waals surface area contributed by atoms with E-state index in [2.05, 4.69) is 33.8 Å². The van der Waals surface area contributed by atoms with Crippen LogP contribution in [0.15, 0.2) is 0 Å². The molecule has 18 heavy (non-hydrogen) atoms. The van der Waals surface area contributed by atoms with Crippen molar-refractivity contribution in [2.75, 3.05) is 0 Å². The maximum absolute atomic E-state index is 9.15. The van der Waals surface area contributed by atoms with Gasteiger partial charge >= 0.3 is 7.12 Å². The lowest BCUT2D eigenvalue weighted by molar-refractivity contribution is 0.391. The van der Waals surface area contributed by atoms with E-state index < -0.39 is 15.2 Å². The molecule has 2 unspecified atom stereocenters. The average Bonchev–Trinajstić information content (AvgIpc) is 2.38. The summed E-state index contributed by atoms with van der Waals surface area (Å²) >= 11 is 0. The molecule has 0 aromatic rings. The second-order valence-corrected chi connectivity index (χ2v) is 11.0. The van der Waals surface area contributed by atoms with Gasteiger partial charge in [-0.3, -0.25) is 0 Å². The molecule has 0 aliphatic carbocycles. The Hall–Kier alpha value is -0.308. The molecule has 2 N–H and O–H groups in total. The zero-order valence-electron chi connectivity index (χ0n) is 12.3. The van der Waals surface area contributed by atoms with Crippen LogP contribution in [0.3, 0.4) is 0 Å². The minimum Gasteiger partial charge on any atom is -0.427 e. The summed E-state index contributed by atoms with van der Waals surface area (Å²) in [6.07, 6.45) is 2.14. The molecule has 0 aromatic heterocycles. The van der Waals surface area contributed by atoms with Crippen LogP contribution in [-0.2, 0) is 0 Å². The first kappa shape index (κ1) is 17.7. The Balaban J connectivity index is 4.81. The third kappa shape index (κ3) is 4.75. The number of nitriles is 1. The molecule has 0 aliphatic heterocycles. The predicted molar refractivity (Wildman–Crippen MR) is 80.0 cm³/mol. The molecule has 0 spiro atoms. The number of hydrogen-bond acceptors (Lipinski definition) is 3. The van der Waals surface area contributed by atoms with Gasteiger partial charge in [0.05, 0.1) is 14.1 Å². The molecule has 0 aromatic carbocycles. The van der Waals surface area contributed by atoms with Crippen LogP contribution in [0.5, 0.6) is 0 Å². The summed E-state index contributed by atoms with van der Waals surface area (Å²) in [5, 5.41) is 27.2. The molecule has 0 bridgehead atoms. The molecule has 104 valence electrons. The van der Waals surface area contributed by atoms with Crippen LogP contribution in [0, 0.1) is 17.2 Å². The number of hydrogen-bond donors (Lipinski definition) is 2. The lowest BCUT2D eigenvalue weighted by Gasteiger charge is -2.37. The van der Waals surface area contributed by atoms with Crippen LogP contribution in [0.1, 0.15) is 40.5 Å². The van der Waals surface area contributed by atoms with E-state index in [0.29, 0.717) is 5.54 Å². The van der Waals surface area contributed by atoms with Crippen LogP contribution in [-0.4, -0.2) is 25.2 Å². The number of rotatable bonds is 9. The van der Waals surface area contributed by atoms with Crippen LogP contribution >= 0.6 is 0 Å². The second-order valence-electron chi connectivity index (χ2n) is 5.31. The van der Waals surface area contributed by atoms with Crippen molar-refractivity contribution >= 4 is 15.2 Å². The fourth-order valence-electron chi connectivity index (χ4n) is 3.27. The summed E-state index contributed by atoms with van der Waals surface area (Å²) in [4.78, 5) is 0. The highest BCUT2D eigenvalue weighted by Gasteiger charge is 2.36. The zero-order chi connectivity index (χ0) is 14.2. The Morgan fingerprint density at radius 2 is 1.61 bits per heavy atom. The van der Waals surface area contributed by atoms with Crippen molar-refractivity contribution in [3.63, 3.8) is 0 Å². The molecule has 2 atom stereocenters. The summed E-state index contributed by atoms with van der Waals surface area (Å²) in [6.45, 7) is 9.05. The van der Waals surface area contributed by atoms with Gasteiger partial charge in [0, 0.05) is 5.92 Å². The van der Waals surface area contributed by atoms with E-state index in [9.17, 15) is 0 Å². The van der Waals surface area contributed by atoms with Gasteiger partial charge in [-0.15, -0.1) is 0 Å². The zero-order valence-corrected chi connectivity index (χ0v) is 13.3. The maximum atomic E-state index is 9.15. The quantitative estimate of drug-likeness (QED) is 0.631. The van der Waals surface area contributed by atoms with Crippen molar-refractivity contribution in [1.29, 1.82) is 5.26 Å². The fourth-order valence-corrected chi connectivity index (χ4v) is 8.15. The largest absolute Gasteiger partial charge is 0.452 e. The van der Waals surface area contributed by atoms with Crippen molar-refractivity contribution < 1.29 is 10.0 Å². The highest BCUT2D eigenvalue weighted by atomic mass is 28.3. The average molecular weight is 269 g/mol. The van der Waals surface area contributed by atoms with Crippen LogP contribution in [0.4, 0.5) is 0 Å². The SMILES string of the molecule is CCC(CC(C#N)CB(O)O)[Si](CC)(CC)CC. The standard InChI is InChI=1S/C13H28BNO2Si/c1-5-13(18(6-2,7-3)8-4)9-12(11-15)10-14(16)17/h12-13,16-17H,5-10H2,1-4H3. The highest BCUT2D eigenvalue weighted by Crippen LogP contribution is 2.40. The first-order valence-corrected chi connectivity index (χ1v) is 9.95. The smallest absolute Gasteiger partial charge is 0.427 e. The molecular weight excluding hydrogens is 241 g/mol. The van der Waals surface area contributed by atoms with Gasteiger partial charge in [0.2, 0.25) is 0 Å². The van der Waals surface area contributed by atoms with E-state index >= 15 is 0 Å². The molecule has 0 saturated carbocycles. The Labute approximate surface area is 113 Å². The van der Waals surface area contributed by atoms with Gasteiger partial charge in [-0.1, -0.05) is 52.2 Å². The van der Waals surface area contributed by atoms with Crippen molar-refractivity contribution in [3.05, 3.63) is 0 Å². The second kappa shape index (κ2) is 8.73. The molecule has 0 radical (unpaired) electrons. The summed E-state index contributed by atoms with van der Waals surface area (Å²) in [6, 6.07) is 6.03. The molecule has 0 amide bonds. The van der Waals surface area contributed by atoms with E-state index in [-0.39, 0.29) is 12.2 Å². The highest BCUT2D eigenvalue weighted by molar-refractivity contribution is 6.81.